The monoisotopic (exact) mass is 395 g/mol. The largest absolute Gasteiger partial charge is 0.361 e. The van der Waals surface area contributed by atoms with Gasteiger partial charge in [-0.3, -0.25) is 9.69 Å². The van der Waals surface area contributed by atoms with Crippen molar-refractivity contribution in [2.75, 3.05) is 26.2 Å². The maximum Gasteiger partial charge on any atom is 0.259 e. The second kappa shape index (κ2) is 7.79. The Morgan fingerprint density at radius 1 is 1.00 bits per heavy atom. The quantitative estimate of drug-likeness (QED) is 0.670. The molecule has 1 unspecified atom stereocenters. The average molecular weight is 395 g/mol. The molecule has 3 heterocycles. The van der Waals surface area contributed by atoms with Crippen LogP contribution in [-0.2, 0) is 0 Å². The highest BCUT2D eigenvalue weighted by atomic mass is 16.5. The number of rotatable bonds is 4. The van der Waals surface area contributed by atoms with Gasteiger partial charge in [-0.05, 0) is 27.7 Å². The fourth-order valence-electron chi connectivity index (χ4n) is 3.64. The van der Waals surface area contributed by atoms with Gasteiger partial charge in [-0.25, -0.2) is 0 Å². The van der Waals surface area contributed by atoms with Gasteiger partial charge in [0.05, 0.1) is 11.7 Å². The van der Waals surface area contributed by atoms with Crippen molar-refractivity contribution in [2.24, 2.45) is 0 Å². The number of piperazine rings is 1. The fourth-order valence-corrected chi connectivity index (χ4v) is 3.64. The first-order valence-electron chi connectivity index (χ1n) is 9.81. The third-order valence-corrected chi connectivity index (χ3v) is 5.51. The molecule has 1 saturated heterocycles. The zero-order chi connectivity index (χ0) is 20.5. The Kier molecular flexibility index (Phi) is 5.19. The van der Waals surface area contributed by atoms with Crippen molar-refractivity contribution in [3.8, 4) is 11.4 Å². The maximum atomic E-state index is 12.8. The predicted octanol–water partition coefficient (Wildman–Crippen LogP) is 3.17. The van der Waals surface area contributed by atoms with Gasteiger partial charge >= 0.3 is 0 Å². The minimum absolute atomic E-state index is 0.0157. The first-order valence-corrected chi connectivity index (χ1v) is 9.81. The van der Waals surface area contributed by atoms with Crippen LogP contribution in [0.15, 0.2) is 33.3 Å². The zero-order valence-electron chi connectivity index (χ0n) is 17.2. The fraction of sp³-hybridized carbons (Fsp3) is 0.429. The number of carbonyl (C=O) groups is 1. The van der Waals surface area contributed by atoms with Crippen LogP contribution in [0, 0.1) is 20.8 Å². The van der Waals surface area contributed by atoms with Gasteiger partial charge in [-0.15, -0.1) is 0 Å². The van der Waals surface area contributed by atoms with E-state index in [1.54, 1.807) is 13.8 Å². The van der Waals surface area contributed by atoms with Crippen molar-refractivity contribution in [1.82, 2.24) is 25.1 Å². The van der Waals surface area contributed by atoms with E-state index in [0.29, 0.717) is 41.8 Å². The van der Waals surface area contributed by atoms with Crippen LogP contribution >= 0.6 is 0 Å². The van der Waals surface area contributed by atoms with Crippen molar-refractivity contribution < 1.29 is 13.8 Å². The molecule has 1 amide bonds. The van der Waals surface area contributed by atoms with Gasteiger partial charge in [0.15, 0.2) is 0 Å². The Labute approximate surface area is 169 Å². The summed E-state index contributed by atoms with van der Waals surface area (Å²) < 4.78 is 10.7. The Balaban J connectivity index is 1.40. The maximum absolute atomic E-state index is 12.8. The smallest absolute Gasteiger partial charge is 0.259 e. The third kappa shape index (κ3) is 3.80. The van der Waals surface area contributed by atoms with Crippen LogP contribution in [0.2, 0.25) is 0 Å². The lowest BCUT2D eigenvalue weighted by molar-refractivity contribution is 0.0549. The number of hydrogen-bond donors (Lipinski definition) is 0. The second-order valence-corrected chi connectivity index (χ2v) is 7.53. The number of hydrogen-bond acceptors (Lipinski definition) is 7. The molecule has 2 aromatic heterocycles. The van der Waals surface area contributed by atoms with Crippen LogP contribution < -0.4 is 0 Å². The molecule has 0 N–H and O–H groups in total. The molecule has 0 aliphatic carbocycles. The molecule has 1 aliphatic rings. The second-order valence-electron chi connectivity index (χ2n) is 7.53. The Hall–Kier alpha value is -3.00. The number of amides is 1. The molecule has 1 atom stereocenters. The summed E-state index contributed by atoms with van der Waals surface area (Å²) >= 11 is 0. The molecule has 8 nitrogen and oxygen atoms in total. The average Bonchev–Trinajstić information content (AvgIpc) is 3.35. The Morgan fingerprint density at radius 2 is 1.69 bits per heavy atom. The van der Waals surface area contributed by atoms with Gasteiger partial charge in [0, 0.05) is 31.7 Å². The Morgan fingerprint density at radius 3 is 2.31 bits per heavy atom. The van der Waals surface area contributed by atoms with Crippen LogP contribution in [0.4, 0.5) is 0 Å². The van der Waals surface area contributed by atoms with Gasteiger partial charge in [0.1, 0.15) is 11.3 Å². The van der Waals surface area contributed by atoms with Crippen LogP contribution in [0.5, 0.6) is 0 Å². The first kappa shape index (κ1) is 19.3. The van der Waals surface area contributed by atoms with Gasteiger partial charge < -0.3 is 13.9 Å². The number of carbonyl (C=O) groups excluding carboxylic acids is 1. The first-order chi connectivity index (χ1) is 13.9. The number of aromatic nitrogens is 3. The molecule has 3 aromatic rings. The molecule has 4 rings (SSSR count). The van der Waals surface area contributed by atoms with Crippen LogP contribution in [0.25, 0.3) is 11.4 Å². The molecule has 152 valence electrons. The molecule has 1 aromatic carbocycles. The number of benzene rings is 1. The SMILES string of the molecule is Cc1ccc(-c2noc(C(C)N3CCN(C(=O)c4c(C)noc4C)CC3)n2)cc1. The van der Waals surface area contributed by atoms with E-state index in [4.69, 9.17) is 9.05 Å². The lowest BCUT2D eigenvalue weighted by Gasteiger charge is -2.36. The van der Waals surface area contributed by atoms with Crippen LogP contribution in [-0.4, -0.2) is 57.2 Å². The number of nitrogens with zero attached hydrogens (tertiary/aromatic N) is 5. The highest BCUT2D eigenvalue weighted by molar-refractivity contribution is 5.96. The van der Waals surface area contributed by atoms with Crippen molar-refractivity contribution in [3.05, 3.63) is 52.7 Å². The van der Waals surface area contributed by atoms with Crippen LogP contribution in [0.3, 0.4) is 0 Å². The lowest BCUT2D eigenvalue weighted by atomic mass is 10.1. The predicted molar refractivity (Wildman–Crippen MR) is 106 cm³/mol. The Bertz CT molecular complexity index is 980. The van der Waals surface area contributed by atoms with E-state index >= 15 is 0 Å². The molecule has 29 heavy (non-hydrogen) atoms. The molecule has 0 bridgehead atoms. The lowest BCUT2D eigenvalue weighted by Crippen LogP contribution is -2.49. The highest BCUT2D eigenvalue weighted by Crippen LogP contribution is 2.24. The summed E-state index contributed by atoms with van der Waals surface area (Å²) in [5, 5.41) is 8.02. The van der Waals surface area contributed by atoms with E-state index in [0.717, 1.165) is 18.7 Å². The molecule has 0 radical (unpaired) electrons. The van der Waals surface area contributed by atoms with Gasteiger partial charge in [0.25, 0.3) is 5.91 Å². The van der Waals surface area contributed by atoms with Gasteiger partial charge in [-0.1, -0.05) is 40.1 Å². The summed E-state index contributed by atoms with van der Waals surface area (Å²) in [5.41, 5.74) is 3.34. The summed E-state index contributed by atoms with van der Waals surface area (Å²) in [6.45, 7) is 10.4. The summed E-state index contributed by atoms with van der Waals surface area (Å²) in [7, 11) is 0. The number of aryl methyl sites for hydroxylation is 3. The highest BCUT2D eigenvalue weighted by Gasteiger charge is 2.30. The molecule has 1 fully saturated rings. The summed E-state index contributed by atoms with van der Waals surface area (Å²) in [4.78, 5) is 21.5. The summed E-state index contributed by atoms with van der Waals surface area (Å²) in [6.07, 6.45) is 0. The van der Waals surface area contributed by atoms with E-state index in [9.17, 15) is 4.79 Å². The van der Waals surface area contributed by atoms with Gasteiger partial charge in [-0.2, -0.15) is 4.98 Å². The van der Waals surface area contributed by atoms with E-state index in [2.05, 4.69) is 27.1 Å². The van der Waals surface area contributed by atoms with E-state index in [1.807, 2.05) is 36.1 Å². The summed E-state index contributed by atoms with van der Waals surface area (Å²) in [6, 6.07) is 8.04. The molecule has 0 spiro atoms. The topological polar surface area (TPSA) is 88.5 Å². The minimum Gasteiger partial charge on any atom is -0.361 e. The third-order valence-electron chi connectivity index (χ3n) is 5.51. The molecule has 8 heteroatoms. The molecule has 0 saturated carbocycles. The van der Waals surface area contributed by atoms with Crippen molar-refractivity contribution in [1.29, 1.82) is 0 Å². The van der Waals surface area contributed by atoms with Crippen molar-refractivity contribution >= 4 is 5.91 Å². The van der Waals surface area contributed by atoms with E-state index < -0.39 is 0 Å². The zero-order valence-corrected chi connectivity index (χ0v) is 17.2. The van der Waals surface area contributed by atoms with Crippen LogP contribution in [0.1, 0.15) is 46.2 Å². The standard InChI is InChI=1S/C21H25N5O3/c1-13-5-7-17(8-6-13)19-22-20(29-24-19)15(3)25-9-11-26(12-10-25)21(27)18-14(2)23-28-16(18)4/h5-8,15H,9-12H2,1-4H3. The molecular formula is C21H25N5O3. The molecular weight excluding hydrogens is 370 g/mol. The van der Waals surface area contributed by atoms with Crippen molar-refractivity contribution in [3.63, 3.8) is 0 Å². The van der Waals surface area contributed by atoms with Gasteiger partial charge in [0.2, 0.25) is 11.7 Å². The molecule has 1 aliphatic heterocycles. The summed E-state index contributed by atoms with van der Waals surface area (Å²) in [5.74, 6) is 1.73. The minimum atomic E-state index is -0.0204. The van der Waals surface area contributed by atoms with Crippen molar-refractivity contribution in [2.45, 2.75) is 33.7 Å². The van der Waals surface area contributed by atoms with E-state index in [-0.39, 0.29) is 11.9 Å². The van der Waals surface area contributed by atoms with E-state index in [1.165, 1.54) is 5.56 Å². The normalized spacial score (nSPS) is 16.2.